The molecule has 0 atom stereocenters. The van der Waals surface area contributed by atoms with Gasteiger partial charge < -0.3 is 15.0 Å². The number of hydrogen-bond acceptors (Lipinski definition) is 3. The van der Waals surface area contributed by atoms with E-state index in [9.17, 15) is 9.59 Å². The number of unbranched alkanes of at least 4 members (excludes halogenated alkanes) is 1. The van der Waals surface area contributed by atoms with Crippen molar-refractivity contribution >= 4 is 17.4 Å². The molecular weight excluding hydrogens is 364 g/mol. The second kappa shape index (κ2) is 10.5. The molecule has 2 aromatic carbocycles. The Bertz CT molecular complexity index is 844. The molecule has 0 radical (unpaired) electrons. The van der Waals surface area contributed by atoms with Crippen LogP contribution in [0.1, 0.15) is 42.1 Å². The van der Waals surface area contributed by atoms with Crippen LogP contribution in [0.5, 0.6) is 5.75 Å². The minimum atomic E-state index is -0.254. The van der Waals surface area contributed by atoms with Crippen molar-refractivity contribution in [2.75, 3.05) is 26.2 Å². The maximum absolute atomic E-state index is 12.4. The van der Waals surface area contributed by atoms with Gasteiger partial charge in [0.15, 0.2) is 0 Å². The van der Waals surface area contributed by atoms with Gasteiger partial charge in [0.2, 0.25) is 5.91 Å². The molecule has 0 saturated carbocycles. The molecule has 29 heavy (non-hydrogen) atoms. The van der Waals surface area contributed by atoms with Crippen molar-refractivity contribution in [2.45, 2.75) is 26.2 Å². The first-order valence-electron chi connectivity index (χ1n) is 10.2. The summed E-state index contributed by atoms with van der Waals surface area (Å²) in [6, 6.07) is 17.2. The third kappa shape index (κ3) is 5.95. The maximum atomic E-state index is 12.4. The molecule has 1 N–H and O–H groups in total. The first-order valence-corrected chi connectivity index (χ1v) is 10.2. The van der Waals surface area contributed by atoms with E-state index in [2.05, 4.69) is 30.4 Å². The lowest BCUT2D eigenvalue weighted by Crippen LogP contribution is -2.42. The van der Waals surface area contributed by atoms with Gasteiger partial charge >= 0.3 is 0 Å². The summed E-state index contributed by atoms with van der Waals surface area (Å²) in [6.07, 6.45) is 5.00. The van der Waals surface area contributed by atoms with Crippen LogP contribution >= 0.6 is 0 Å². The molecule has 5 heteroatoms. The lowest BCUT2D eigenvalue weighted by atomic mass is 9.99. The van der Waals surface area contributed by atoms with E-state index in [1.807, 2.05) is 18.2 Å². The van der Waals surface area contributed by atoms with Gasteiger partial charge in [-0.15, -0.1) is 0 Å². The number of nitrogens with zero attached hydrogens (tertiary/aromatic N) is 1. The van der Waals surface area contributed by atoms with Crippen LogP contribution in [-0.2, 0) is 4.79 Å². The third-order valence-electron chi connectivity index (χ3n) is 4.99. The van der Waals surface area contributed by atoms with Crippen LogP contribution in [0, 0.1) is 0 Å². The number of amides is 2. The Hall–Kier alpha value is -3.08. The van der Waals surface area contributed by atoms with Gasteiger partial charge in [0.25, 0.3) is 5.91 Å². The van der Waals surface area contributed by atoms with Gasteiger partial charge in [-0.1, -0.05) is 49.8 Å². The second-order valence-corrected chi connectivity index (χ2v) is 7.09. The van der Waals surface area contributed by atoms with E-state index in [0.717, 1.165) is 25.0 Å². The summed E-state index contributed by atoms with van der Waals surface area (Å²) in [5.41, 5.74) is 2.99. The predicted molar refractivity (Wildman–Crippen MR) is 115 cm³/mol. The number of nitrogens with one attached hydrogen (secondary N) is 1. The summed E-state index contributed by atoms with van der Waals surface area (Å²) >= 11 is 0. The van der Waals surface area contributed by atoms with Crippen LogP contribution in [0.4, 0.5) is 0 Å². The molecule has 2 aromatic rings. The fraction of sp³-hybridized carbons (Fsp3) is 0.333. The van der Waals surface area contributed by atoms with Gasteiger partial charge in [-0.3, -0.25) is 9.59 Å². The molecule has 0 saturated heterocycles. The smallest absolute Gasteiger partial charge is 0.251 e. The molecule has 3 rings (SSSR count). The average Bonchev–Trinajstić information content (AvgIpc) is 2.78. The highest BCUT2D eigenvalue weighted by molar-refractivity contribution is 5.96. The van der Waals surface area contributed by atoms with Crippen molar-refractivity contribution in [1.82, 2.24) is 10.2 Å². The summed E-state index contributed by atoms with van der Waals surface area (Å²) in [5, 5.41) is 2.72. The first kappa shape index (κ1) is 20.6. The Labute approximate surface area is 172 Å². The van der Waals surface area contributed by atoms with Crippen molar-refractivity contribution in [1.29, 1.82) is 0 Å². The van der Waals surface area contributed by atoms with E-state index < -0.39 is 0 Å². The Balaban J connectivity index is 1.45. The zero-order valence-corrected chi connectivity index (χ0v) is 16.9. The number of hydrogen-bond donors (Lipinski definition) is 1. The third-order valence-corrected chi connectivity index (χ3v) is 4.99. The molecule has 0 aliphatic carbocycles. The normalized spacial score (nSPS) is 13.6. The molecule has 0 unspecified atom stereocenters. The van der Waals surface area contributed by atoms with E-state index in [1.165, 1.54) is 11.1 Å². The molecule has 152 valence electrons. The van der Waals surface area contributed by atoms with Gasteiger partial charge in [-0.05, 0) is 48.2 Å². The molecule has 0 bridgehead atoms. The van der Waals surface area contributed by atoms with E-state index in [-0.39, 0.29) is 18.4 Å². The Kier molecular flexibility index (Phi) is 7.45. The predicted octanol–water partition coefficient (Wildman–Crippen LogP) is 3.91. The number of rotatable bonds is 8. The van der Waals surface area contributed by atoms with Gasteiger partial charge in [0.1, 0.15) is 5.75 Å². The van der Waals surface area contributed by atoms with Crippen molar-refractivity contribution in [3.63, 3.8) is 0 Å². The zero-order chi connectivity index (χ0) is 20.5. The lowest BCUT2D eigenvalue weighted by molar-refractivity contribution is -0.129. The van der Waals surface area contributed by atoms with Crippen LogP contribution in [0.15, 0.2) is 60.7 Å². The zero-order valence-electron chi connectivity index (χ0n) is 16.9. The molecule has 1 aliphatic heterocycles. The SMILES string of the molecule is CCCCOc1ccc(C(=O)NCC(=O)N2CC=C(c3ccccc3)CC2)cc1. The van der Waals surface area contributed by atoms with Crippen LogP contribution in [0.2, 0.25) is 0 Å². The topological polar surface area (TPSA) is 58.6 Å². The molecule has 0 fully saturated rings. The standard InChI is InChI=1S/C24H28N2O3/c1-2-3-17-29-22-11-9-21(10-12-22)24(28)25-18-23(27)26-15-13-20(14-16-26)19-7-5-4-6-8-19/h4-13H,2-3,14-18H2,1H3,(H,25,28). The van der Waals surface area contributed by atoms with Gasteiger partial charge in [0, 0.05) is 18.7 Å². The van der Waals surface area contributed by atoms with Crippen LogP contribution < -0.4 is 10.1 Å². The molecule has 1 aliphatic rings. The van der Waals surface area contributed by atoms with Crippen LogP contribution in [0.25, 0.3) is 5.57 Å². The Morgan fingerprint density at radius 1 is 1.07 bits per heavy atom. The highest BCUT2D eigenvalue weighted by atomic mass is 16.5. The number of carbonyl (C=O) groups excluding carboxylic acids is 2. The van der Waals surface area contributed by atoms with Gasteiger partial charge in [-0.25, -0.2) is 0 Å². The van der Waals surface area contributed by atoms with Gasteiger partial charge in [-0.2, -0.15) is 0 Å². The average molecular weight is 392 g/mol. The lowest BCUT2D eigenvalue weighted by Gasteiger charge is -2.26. The minimum Gasteiger partial charge on any atom is -0.494 e. The number of benzene rings is 2. The molecular formula is C24H28N2O3. The summed E-state index contributed by atoms with van der Waals surface area (Å²) < 4.78 is 5.60. The molecule has 0 aromatic heterocycles. The van der Waals surface area contributed by atoms with E-state index in [4.69, 9.17) is 4.74 Å². The maximum Gasteiger partial charge on any atom is 0.251 e. The van der Waals surface area contributed by atoms with Crippen molar-refractivity contribution in [2.24, 2.45) is 0 Å². The van der Waals surface area contributed by atoms with E-state index in [1.54, 1.807) is 29.2 Å². The van der Waals surface area contributed by atoms with Crippen molar-refractivity contribution in [3.8, 4) is 5.75 Å². The number of ether oxygens (including phenoxy) is 1. The fourth-order valence-electron chi connectivity index (χ4n) is 3.22. The number of carbonyl (C=O) groups is 2. The first-order chi connectivity index (χ1) is 14.2. The largest absolute Gasteiger partial charge is 0.494 e. The van der Waals surface area contributed by atoms with Crippen molar-refractivity contribution in [3.05, 3.63) is 71.8 Å². The fourth-order valence-corrected chi connectivity index (χ4v) is 3.22. The molecule has 1 heterocycles. The quantitative estimate of drug-likeness (QED) is 0.693. The summed E-state index contributed by atoms with van der Waals surface area (Å²) in [4.78, 5) is 26.5. The Morgan fingerprint density at radius 2 is 1.83 bits per heavy atom. The minimum absolute atomic E-state index is 0.00208. The van der Waals surface area contributed by atoms with Crippen molar-refractivity contribution < 1.29 is 14.3 Å². The summed E-state index contributed by atoms with van der Waals surface area (Å²) in [6.45, 7) is 4.03. The summed E-state index contributed by atoms with van der Waals surface area (Å²) in [5.74, 6) is 0.428. The monoisotopic (exact) mass is 392 g/mol. The van der Waals surface area contributed by atoms with Crippen LogP contribution in [-0.4, -0.2) is 43.0 Å². The van der Waals surface area contributed by atoms with E-state index >= 15 is 0 Å². The van der Waals surface area contributed by atoms with Gasteiger partial charge in [0.05, 0.1) is 13.2 Å². The highest BCUT2D eigenvalue weighted by Gasteiger charge is 2.18. The molecule has 2 amide bonds. The second-order valence-electron chi connectivity index (χ2n) is 7.09. The molecule has 0 spiro atoms. The van der Waals surface area contributed by atoms with E-state index in [0.29, 0.717) is 25.3 Å². The summed E-state index contributed by atoms with van der Waals surface area (Å²) in [7, 11) is 0. The Morgan fingerprint density at radius 3 is 2.48 bits per heavy atom. The van der Waals surface area contributed by atoms with Crippen LogP contribution in [0.3, 0.4) is 0 Å². The highest BCUT2D eigenvalue weighted by Crippen LogP contribution is 2.21. The molecule has 5 nitrogen and oxygen atoms in total.